The van der Waals surface area contributed by atoms with Gasteiger partial charge in [0.1, 0.15) is 11.5 Å². The number of hydrogen-bond acceptors (Lipinski definition) is 4. The number of ether oxygens (including phenoxy) is 3. The summed E-state index contributed by atoms with van der Waals surface area (Å²) in [6.07, 6.45) is 1.95. The zero-order valence-corrected chi connectivity index (χ0v) is 11.4. The van der Waals surface area contributed by atoms with Crippen LogP contribution in [0.3, 0.4) is 0 Å². The molecule has 0 unspecified atom stereocenters. The molecule has 0 saturated carbocycles. The summed E-state index contributed by atoms with van der Waals surface area (Å²) in [4.78, 5) is 11.1. The minimum absolute atomic E-state index is 0.181. The topological polar surface area (TPSA) is 44.8 Å². The summed E-state index contributed by atoms with van der Waals surface area (Å²) in [5, 5.41) is 0. The molecule has 0 aromatic heterocycles. The van der Waals surface area contributed by atoms with Crippen molar-refractivity contribution in [3.8, 4) is 11.5 Å². The molecule has 100 valence electrons. The van der Waals surface area contributed by atoms with Crippen LogP contribution in [0.4, 0.5) is 0 Å². The Labute approximate surface area is 108 Å². The van der Waals surface area contributed by atoms with Gasteiger partial charge >= 0.3 is 5.97 Å². The van der Waals surface area contributed by atoms with Gasteiger partial charge in [0.05, 0.1) is 21.3 Å². The normalized spacial score (nSPS) is 10.0. The maximum Gasteiger partial charge on any atom is 0.305 e. The number of esters is 1. The first-order valence-electron chi connectivity index (χ1n) is 5.91. The molecule has 1 aromatic rings. The Hall–Kier alpha value is -1.71. The van der Waals surface area contributed by atoms with Crippen LogP contribution in [0, 0.1) is 6.92 Å². The molecule has 1 rings (SSSR count). The third kappa shape index (κ3) is 3.39. The second-order valence-corrected chi connectivity index (χ2v) is 4.01. The minimum atomic E-state index is -0.181. The average molecular weight is 252 g/mol. The van der Waals surface area contributed by atoms with Crippen LogP contribution in [0.2, 0.25) is 0 Å². The molecule has 0 atom stereocenters. The zero-order valence-electron chi connectivity index (χ0n) is 11.4. The molecular weight excluding hydrogens is 232 g/mol. The highest BCUT2D eigenvalue weighted by Gasteiger charge is 2.11. The lowest BCUT2D eigenvalue weighted by Gasteiger charge is -2.14. The van der Waals surface area contributed by atoms with E-state index in [9.17, 15) is 4.79 Å². The van der Waals surface area contributed by atoms with E-state index in [0.29, 0.717) is 6.42 Å². The van der Waals surface area contributed by atoms with Gasteiger partial charge in [0.25, 0.3) is 0 Å². The molecule has 0 radical (unpaired) electrons. The van der Waals surface area contributed by atoms with Crippen LogP contribution in [0.5, 0.6) is 11.5 Å². The number of methoxy groups -OCH3 is 3. The van der Waals surface area contributed by atoms with Gasteiger partial charge in [0, 0.05) is 12.0 Å². The van der Waals surface area contributed by atoms with Gasteiger partial charge < -0.3 is 14.2 Å². The molecule has 0 aliphatic rings. The van der Waals surface area contributed by atoms with Crippen molar-refractivity contribution in [3.63, 3.8) is 0 Å². The number of carbonyl (C=O) groups excluding carboxylic acids is 1. The maximum absolute atomic E-state index is 11.1. The molecular formula is C14H20O4. The first kappa shape index (κ1) is 14.4. The second-order valence-electron chi connectivity index (χ2n) is 4.01. The van der Waals surface area contributed by atoms with Crippen molar-refractivity contribution in [2.45, 2.75) is 26.2 Å². The Balaban J connectivity index is 2.77. The fourth-order valence-electron chi connectivity index (χ4n) is 1.96. The molecule has 0 saturated heterocycles. The number of carbonyl (C=O) groups is 1. The van der Waals surface area contributed by atoms with Crippen LogP contribution in [0.1, 0.15) is 24.0 Å². The lowest BCUT2D eigenvalue weighted by Crippen LogP contribution is -2.02. The third-order valence-electron chi connectivity index (χ3n) is 2.92. The van der Waals surface area contributed by atoms with Crippen molar-refractivity contribution < 1.29 is 19.0 Å². The van der Waals surface area contributed by atoms with E-state index in [-0.39, 0.29) is 5.97 Å². The van der Waals surface area contributed by atoms with Crippen molar-refractivity contribution in [2.24, 2.45) is 0 Å². The van der Waals surface area contributed by atoms with Crippen LogP contribution < -0.4 is 9.47 Å². The summed E-state index contributed by atoms with van der Waals surface area (Å²) in [6.45, 7) is 1.96. The van der Waals surface area contributed by atoms with Crippen LogP contribution >= 0.6 is 0 Å². The predicted octanol–water partition coefficient (Wildman–Crippen LogP) is 2.51. The maximum atomic E-state index is 11.1. The molecule has 18 heavy (non-hydrogen) atoms. The summed E-state index contributed by atoms with van der Waals surface area (Å²) in [5.41, 5.74) is 2.07. The Kier molecular flexibility index (Phi) is 5.49. The number of rotatable bonds is 6. The van der Waals surface area contributed by atoms with Crippen molar-refractivity contribution in [1.29, 1.82) is 0 Å². The van der Waals surface area contributed by atoms with E-state index >= 15 is 0 Å². The molecule has 0 aliphatic carbocycles. The lowest BCUT2D eigenvalue weighted by molar-refractivity contribution is -0.140. The van der Waals surface area contributed by atoms with Gasteiger partial charge in [-0.25, -0.2) is 0 Å². The van der Waals surface area contributed by atoms with Crippen molar-refractivity contribution in [2.75, 3.05) is 21.3 Å². The highest BCUT2D eigenvalue weighted by molar-refractivity contribution is 5.69. The largest absolute Gasteiger partial charge is 0.496 e. The molecule has 0 N–H and O–H groups in total. The minimum Gasteiger partial charge on any atom is -0.496 e. The highest BCUT2D eigenvalue weighted by Crippen LogP contribution is 2.32. The van der Waals surface area contributed by atoms with Gasteiger partial charge in [-0.3, -0.25) is 4.79 Å². The zero-order chi connectivity index (χ0) is 13.5. The molecule has 0 bridgehead atoms. The molecule has 1 aromatic carbocycles. The highest BCUT2D eigenvalue weighted by atomic mass is 16.5. The first-order valence-corrected chi connectivity index (χ1v) is 5.91. The van der Waals surface area contributed by atoms with Crippen LogP contribution in [0.25, 0.3) is 0 Å². The predicted molar refractivity (Wildman–Crippen MR) is 69.2 cm³/mol. The van der Waals surface area contributed by atoms with Gasteiger partial charge in [0.15, 0.2) is 0 Å². The summed E-state index contributed by atoms with van der Waals surface area (Å²) >= 11 is 0. The van der Waals surface area contributed by atoms with Crippen LogP contribution in [0.15, 0.2) is 12.1 Å². The van der Waals surface area contributed by atoms with Crippen molar-refractivity contribution in [3.05, 3.63) is 23.3 Å². The monoisotopic (exact) mass is 252 g/mol. The van der Waals surface area contributed by atoms with E-state index in [1.54, 1.807) is 14.2 Å². The van der Waals surface area contributed by atoms with E-state index < -0.39 is 0 Å². The Morgan fingerprint density at radius 2 is 1.89 bits per heavy atom. The van der Waals surface area contributed by atoms with Gasteiger partial charge in [-0.15, -0.1) is 0 Å². The molecule has 0 heterocycles. The molecule has 0 spiro atoms. The number of hydrogen-bond donors (Lipinski definition) is 0. The van der Waals surface area contributed by atoms with Gasteiger partial charge in [0.2, 0.25) is 0 Å². The average Bonchev–Trinajstić information content (AvgIpc) is 2.39. The van der Waals surface area contributed by atoms with Crippen LogP contribution in [-0.2, 0) is 16.0 Å². The van der Waals surface area contributed by atoms with Crippen LogP contribution in [-0.4, -0.2) is 27.3 Å². The first-order chi connectivity index (χ1) is 8.63. The third-order valence-corrected chi connectivity index (χ3v) is 2.92. The van der Waals surface area contributed by atoms with E-state index in [4.69, 9.17) is 9.47 Å². The fourth-order valence-corrected chi connectivity index (χ4v) is 1.96. The Bertz CT molecular complexity index is 413. The summed E-state index contributed by atoms with van der Waals surface area (Å²) in [6, 6.07) is 3.90. The standard InChI is InChI=1S/C14H20O4/c1-10-12(16-2)9-8-11(14(10)18-4)6-5-7-13(15)17-3/h8-9H,5-7H2,1-4H3. The molecule has 0 aliphatic heterocycles. The molecule has 0 fully saturated rings. The number of benzene rings is 1. The Morgan fingerprint density at radius 3 is 2.44 bits per heavy atom. The lowest BCUT2D eigenvalue weighted by atomic mass is 10.0. The second kappa shape index (κ2) is 6.89. The van der Waals surface area contributed by atoms with E-state index in [1.165, 1.54) is 7.11 Å². The van der Waals surface area contributed by atoms with E-state index in [2.05, 4.69) is 4.74 Å². The van der Waals surface area contributed by atoms with Gasteiger partial charge in [-0.1, -0.05) is 6.07 Å². The van der Waals surface area contributed by atoms with Crippen molar-refractivity contribution in [1.82, 2.24) is 0 Å². The fraction of sp³-hybridized carbons (Fsp3) is 0.500. The summed E-state index contributed by atoms with van der Waals surface area (Å²) < 4.78 is 15.3. The summed E-state index contributed by atoms with van der Waals surface area (Å²) in [7, 11) is 4.69. The van der Waals surface area contributed by atoms with E-state index in [0.717, 1.165) is 35.5 Å². The number of aryl methyl sites for hydroxylation is 1. The summed E-state index contributed by atoms with van der Waals surface area (Å²) in [5.74, 6) is 1.46. The quantitative estimate of drug-likeness (QED) is 0.730. The SMILES string of the molecule is COC(=O)CCCc1ccc(OC)c(C)c1OC. The van der Waals surface area contributed by atoms with Crippen molar-refractivity contribution >= 4 is 5.97 Å². The molecule has 0 amide bonds. The van der Waals surface area contributed by atoms with Gasteiger partial charge in [-0.05, 0) is 31.4 Å². The van der Waals surface area contributed by atoms with Gasteiger partial charge in [-0.2, -0.15) is 0 Å². The molecule has 4 heteroatoms. The van der Waals surface area contributed by atoms with E-state index in [1.807, 2.05) is 19.1 Å². The molecule has 4 nitrogen and oxygen atoms in total. The smallest absolute Gasteiger partial charge is 0.305 e. The Morgan fingerprint density at radius 1 is 1.17 bits per heavy atom.